The van der Waals surface area contributed by atoms with Crippen LogP contribution in [-0.4, -0.2) is 53.8 Å². The van der Waals surface area contributed by atoms with Gasteiger partial charge in [0, 0.05) is 30.5 Å². The van der Waals surface area contributed by atoms with Crippen LogP contribution >= 0.6 is 12.2 Å². The highest BCUT2D eigenvalue weighted by Gasteiger charge is 2.23. The summed E-state index contributed by atoms with van der Waals surface area (Å²) in [6.45, 7) is 48.9. The molecule has 266 valence electrons. The summed E-state index contributed by atoms with van der Waals surface area (Å²) in [4.78, 5) is 11.9. The fraction of sp³-hybridized carbons (Fsp3) is 0.357. The number of allylic oxidation sites excluding steroid dienone is 8. The van der Waals surface area contributed by atoms with E-state index in [1.165, 1.54) is 11.1 Å². The second-order valence-electron chi connectivity index (χ2n) is 11.0. The molecule has 2 aliphatic rings. The highest BCUT2D eigenvalue weighted by atomic mass is 32.1. The molecule has 0 saturated carbocycles. The Morgan fingerprint density at radius 2 is 1.63 bits per heavy atom. The molecule has 0 bridgehead atoms. The number of thiocarbonyl (C=S) groups is 1. The lowest BCUT2D eigenvalue weighted by molar-refractivity contribution is 0.599. The number of nitrogens with one attached hydrogen (secondary N) is 3. The Bertz CT molecular complexity index is 1490. The molecule has 0 aromatic rings. The Hall–Kier alpha value is -4.49. The molecule has 0 unspecified atom stereocenters. The average molecular weight is 683 g/mol. The van der Waals surface area contributed by atoms with Crippen molar-refractivity contribution in [2.75, 3.05) is 26.2 Å². The Morgan fingerprint density at radius 1 is 1.00 bits per heavy atom. The number of rotatable bonds is 17. The van der Waals surface area contributed by atoms with Crippen LogP contribution in [0, 0.1) is 0 Å². The molecule has 0 amide bonds. The third kappa shape index (κ3) is 14.3. The molecule has 0 aromatic carbocycles. The van der Waals surface area contributed by atoms with Gasteiger partial charge in [-0.3, -0.25) is 0 Å². The van der Waals surface area contributed by atoms with Crippen LogP contribution in [0.25, 0.3) is 0 Å². The van der Waals surface area contributed by atoms with E-state index in [1.807, 2.05) is 71.6 Å². The number of aliphatic imine (C=N–C) groups is 2. The summed E-state index contributed by atoms with van der Waals surface area (Å²) in [5.74, 6) is 0.524. The molecule has 49 heavy (non-hydrogen) atoms. The quantitative estimate of drug-likeness (QED) is 0.0810. The van der Waals surface area contributed by atoms with E-state index in [2.05, 4.69) is 99.1 Å². The van der Waals surface area contributed by atoms with E-state index in [4.69, 9.17) is 17.2 Å². The summed E-state index contributed by atoms with van der Waals surface area (Å²) >= 11 is 5.70. The van der Waals surface area contributed by atoms with Crippen LogP contribution in [0.15, 0.2) is 155 Å². The highest BCUT2D eigenvalue weighted by molar-refractivity contribution is 7.80. The molecule has 1 heterocycles. The minimum atomic E-state index is -0.0564. The fourth-order valence-corrected chi connectivity index (χ4v) is 4.70. The van der Waals surface area contributed by atoms with Crippen molar-refractivity contribution in [2.45, 2.75) is 74.8 Å². The van der Waals surface area contributed by atoms with Gasteiger partial charge >= 0.3 is 0 Å². The summed E-state index contributed by atoms with van der Waals surface area (Å²) in [6, 6.07) is -0.0564. The van der Waals surface area contributed by atoms with Crippen LogP contribution in [0.4, 0.5) is 0 Å². The molecule has 3 N–H and O–H groups in total. The van der Waals surface area contributed by atoms with E-state index in [-0.39, 0.29) is 6.04 Å². The molecule has 7 heteroatoms. The molecule has 6 nitrogen and oxygen atoms in total. The molecule has 0 aromatic heterocycles. The van der Waals surface area contributed by atoms with Gasteiger partial charge in [0.1, 0.15) is 0 Å². The van der Waals surface area contributed by atoms with Crippen LogP contribution in [0.2, 0.25) is 0 Å². The van der Waals surface area contributed by atoms with Gasteiger partial charge in [-0.05, 0) is 80.6 Å². The van der Waals surface area contributed by atoms with E-state index < -0.39 is 0 Å². The standard InChI is InChI=1S/C38H50N6S.2C2H6/c1-13-33(14-2)19-17-18-26(6)31(11)42-32(12)35(16-4)43-38-41-22-27(7)44(38)24-36(45)39-21-25(5)20-34(15-3)23-40-37-29(9)28(8)30(37)10;2*1-2/h13-18,20,31,40,42H,1,4,6-9,12,19,21-24H2,2-3,5,10-11H3,(H,39,45);2*1-2H3/b18-17?,25-20+,33-14-,34-15+,43-35+;;/t31-;;/m0../s1. The van der Waals surface area contributed by atoms with Gasteiger partial charge in [-0.15, -0.1) is 0 Å². The van der Waals surface area contributed by atoms with E-state index in [1.54, 1.807) is 6.08 Å². The number of nitrogens with zero attached hydrogens (tertiary/aromatic N) is 3. The van der Waals surface area contributed by atoms with Crippen molar-refractivity contribution < 1.29 is 0 Å². The van der Waals surface area contributed by atoms with Crippen LogP contribution in [0.3, 0.4) is 0 Å². The van der Waals surface area contributed by atoms with Gasteiger partial charge in [-0.1, -0.05) is 128 Å². The third-order valence-corrected chi connectivity index (χ3v) is 7.92. The zero-order valence-electron chi connectivity index (χ0n) is 31.9. The lowest BCUT2D eigenvalue weighted by atomic mass is 9.85. The first-order valence-corrected chi connectivity index (χ1v) is 17.5. The number of hydrogen-bond acceptors (Lipinski definition) is 6. The van der Waals surface area contributed by atoms with Gasteiger partial charge < -0.3 is 20.9 Å². The molecular formula is C42H62N6S. The average Bonchev–Trinajstić information content (AvgIpc) is 3.46. The molecular weight excluding hydrogens is 621 g/mol. The van der Waals surface area contributed by atoms with Crippen molar-refractivity contribution in [1.29, 1.82) is 0 Å². The van der Waals surface area contributed by atoms with Gasteiger partial charge in [-0.25, -0.2) is 9.98 Å². The molecule has 1 atom stereocenters. The summed E-state index contributed by atoms with van der Waals surface area (Å²) in [7, 11) is 0. The molecule has 1 aliphatic carbocycles. The van der Waals surface area contributed by atoms with Crippen molar-refractivity contribution in [2.24, 2.45) is 9.98 Å². The zero-order chi connectivity index (χ0) is 37.7. The first-order chi connectivity index (χ1) is 23.4. The Labute approximate surface area is 304 Å². The monoisotopic (exact) mass is 682 g/mol. The van der Waals surface area contributed by atoms with Crippen molar-refractivity contribution in [1.82, 2.24) is 20.9 Å². The topological polar surface area (TPSA) is 64.0 Å². The first-order valence-electron chi connectivity index (χ1n) is 17.1. The van der Waals surface area contributed by atoms with Gasteiger partial charge in [0.2, 0.25) is 5.96 Å². The summed E-state index contributed by atoms with van der Waals surface area (Å²) in [6.07, 6.45) is 14.7. The van der Waals surface area contributed by atoms with Crippen molar-refractivity contribution >= 4 is 28.9 Å². The van der Waals surface area contributed by atoms with E-state index in [0.29, 0.717) is 48.5 Å². The molecule has 0 radical (unpaired) electrons. The van der Waals surface area contributed by atoms with Gasteiger partial charge in [-0.2, -0.15) is 0 Å². The van der Waals surface area contributed by atoms with Crippen LogP contribution in [0.1, 0.15) is 68.7 Å². The largest absolute Gasteiger partial charge is 0.380 e. The smallest absolute Gasteiger partial charge is 0.226 e. The van der Waals surface area contributed by atoms with Gasteiger partial charge in [0.25, 0.3) is 0 Å². The maximum Gasteiger partial charge on any atom is 0.226 e. The van der Waals surface area contributed by atoms with Crippen molar-refractivity contribution in [3.63, 3.8) is 0 Å². The second-order valence-corrected chi connectivity index (χ2v) is 11.5. The molecule has 2 rings (SSSR count). The van der Waals surface area contributed by atoms with Crippen molar-refractivity contribution in [3.8, 4) is 0 Å². The molecule has 0 spiro atoms. The highest BCUT2D eigenvalue weighted by Crippen LogP contribution is 2.34. The summed E-state index contributed by atoms with van der Waals surface area (Å²) in [5.41, 5.74) is 10.7. The minimum Gasteiger partial charge on any atom is -0.380 e. The van der Waals surface area contributed by atoms with Crippen LogP contribution in [0.5, 0.6) is 0 Å². The summed E-state index contributed by atoms with van der Waals surface area (Å²) < 4.78 is 0. The minimum absolute atomic E-state index is 0.0564. The number of hydrogen-bond donors (Lipinski definition) is 3. The molecule has 1 aliphatic heterocycles. The molecule has 0 saturated heterocycles. The zero-order valence-corrected chi connectivity index (χ0v) is 32.7. The first kappa shape index (κ1) is 44.5. The molecule has 0 fully saturated rings. The Morgan fingerprint density at radius 3 is 2.18 bits per heavy atom. The normalized spacial score (nSPS) is 15.7. The summed E-state index contributed by atoms with van der Waals surface area (Å²) in [5, 5.41) is 10.2. The Kier molecular flexibility index (Phi) is 21.6. The van der Waals surface area contributed by atoms with E-state index >= 15 is 0 Å². The van der Waals surface area contributed by atoms with E-state index in [9.17, 15) is 0 Å². The van der Waals surface area contributed by atoms with Gasteiger partial charge in [0.15, 0.2) is 0 Å². The third-order valence-electron chi connectivity index (χ3n) is 7.65. The van der Waals surface area contributed by atoms with Crippen molar-refractivity contribution in [3.05, 3.63) is 145 Å². The predicted octanol–water partition coefficient (Wildman–Crippen LogP) is 9.78. The lowest BCUT2D eigenvalue weighted by Crippen LogP contribution is -2.37. The van der Waals surface area contributed by atoms with E-state index in [0.717, 1.165) is 45.7 Å². The maximum absolute atomic E-state index is 5.70. The fourth-order valence-electron chi connectivity index (χ4n) is 4.50. The predicted molar refractivity (Wildman–Crippen MR) is 224 cm³/mol. The van der Waals surface area contributed by atoms with Crippen LogP contribution < -0.4 is 16.0 Å². The lowest BCUT2D eigenvalue weighted by Gasteiger charge is -2.28. The maximum atomic E-state index is 5.70. The van der Waals surface area contributed by atoms with Crippen LogP contribution in [-0.2, 0) is 0 Å². The SMILES string of the molecule is C=C/C(=C/C)CC=CC(=C)[C@H](C)NC(=C)/C(C=C)=N/C1=NCC(=C)N1CC(=S)NC/C(C)=C/C(=C\C)CNC1=C(C)C(=C)C1=C.CC.CC. The Balaban J connectivity index is 0.00000554. The van der Waals surface area contributed by atoms with Gasteiger partial charge in [0.05, 0.1) is 29.5 Å². The second kappa shape index (κ2) is 23.8. The number of guanidine groups is 1.